The highest BCUT2D eigenvalue weighted by molar-refractivity contribution is 7.99. The van der Waals surface area contributed by atoms with Crippen molar-refractivity contribution >= 4 is 23.6 Å². The van der Waals surface area contributed by atoms with Crippen molar-refractivity contribution in [3.8, 4) is 17.6 Å². The molecule has 160 valence electrons. The summed E-state index contributed by atoms with van der Waals surface area (Å²) in [5.41, 5.74) is 7.33. The third-order valence-electron chi connectivity index (χ3n) is 5.24. The number of primary amides is 1. The van der Waals surface area contributed by atoms with Crippen LogP contribution < -0.4 is 21.3 Å². The molecule has 9 heteroatoms. The molecule has 0 saturated carbocycles. The first-order valence-electron chi connectivity index (χ1n) is 10.1. The number of nitrogens with one attached hydrogen (secondary N) is 1. The Morgan fingerprint density at radius 2 is 2.13 bits per heavy atom. The molecule has 4 rings (SSSR count). The number of rotatable bonds is 6. The second kappa shape index (κ2) is 9.27. The monoisotopic (exact) mass is 438 g/mol. The van der Waals surface area contributed by atoms with Crippen molar-refractivity contribution in [1.82, 2.24) is 14.9 Å². The molecular formula is C22H22N4O4S. The first kappa shape index (κ1) is 21.0. The van der Waals surface area contributed by atoms with Gasteiger partial charge in [0.2, 0.25) is 5.91 Å². The molecule has 1 atom stereocenters. The first-order chi connectivity index (χ1) is 15.0. The minimum Gasteiger partial charge on any atom is -0.480 e. The number of aryl methyl sites for hydroxylation is 1. The summed E-state index contributed by atoms with van der Waals surface area (Å²) in [6.45, 7) is 0.239. The van der Waals surface area contributed by atoms with Crippen LogP contribution in [0.1, 0.15) is 40.5 Å². The van der Waals surface area contributed by atoms with Gasteiger partial charge in [-0.05, 0) is 31.4 Å². The zero-order valence-electron chi connectivity index (χ0n) is 16.8. The van der Waals surface area contributed by atoms with Gasteiger partial charge in [0, 0.05) is 17.7 Å². The number of nitrogens with two attached hydrogens (primary N) is 1. The van der Waals surface area contributed by atoms with Crippen LogP contribution in [0.25, 0.3) is 0 Å². The number of nitrogens with zero attached hydrogens (tertiary/aromatic N) is 2. The summed E-state index contributed by atoms with van der Waals surface area (Å²) >= 11 is 1.53. The molecule has 0 bridgehead atoms. The number of amides is 2. The normalized spacial score (nSPS) is 16.1. The number of carbonyl (C=O) groups excluding carboxylic acids is 2. The highest BCUT2D eigenvalue weighted by Crippen LogP contribution is 2.33. The third-order valence-corrected chi connectivity index (χ3v) is 6.34. The maximum absolute atomic E-state index is 12.8. The van der Waals surface area contributed by atoms with Gasteiger partial charge in [0.05, 0.1) is 23.8 Å². The number of hydrogen-bond acceptors (Lipinski definition) is 6. The Labute approximate surface area is 183 Å². The molecule has 2 aromatic rings. The summed E-state index contributed by atoms with van der Waals surface area (Å²) in [7, 11) is 0. The predicted molar refractivity (Wildman–Crippen MR) is 116 cm³/mol. The highest BCUT2D eigenvalue weighted by Gasteiger charge is 2.30. The molecule has 31 heavy (non-hydrogen) atoms. The minimum atomic E-state index is -0.568. The second-order valence-corrected chi connectivity index (χ2v) is 8.28. The van der Waals surface area contributed by atoms with Crippen LogP contribution in [0.2, 0.25) is 0 Å². The smallest absolute Gasteiger partial charge is 0.257 e. The molecule has 2 amide bonds. The van der Waals surface area contributed by atoms with E-state index in [1.54, 1.807) is 28.8 Å². The van der Waals surface area contributed by atoms with Crippen LogP contribution in [-0.4, -0.2) is 40.3 Å². The van der Waals surface area contributed by atoms with Crippen LogP contribution in [-0.2, 0) is 17.6 Å². The van der Waals surface area contributed by atoms with E-state index in [9.17, 15) is 14.4 Å². The fraction of sp³-hybridized carbons (Fsp3) is 0.364. The minimum absolute atomic E-state index is 0.00785. The van der Waals surface area contributed by atoms with Gasteiger partial charge in [-0.1, -0.05) is 35.7 Å². The van der Waals surface area contributed by atoms with E-state index in [1.165, 1.54) is 11.8 Å². The summed E-state index contributed by atoms with van der Waals surface area (Å²) in [6.07, 6.45) is 2.81. The van der Waals surface area contributed by atoms with Gasteiger partial charge < -0.3 is 15.8 Å². The number of ether oxygens (including phenoxy) is 1. The number of para-hydroxylation sites is 1. The van der Waals surface area contributed by atoms with Crippen LogP contribution in [0.15, 0.2) is 34.2 Å². The number of benzene rings is 1. The highest BCUT2D eigenvalue weighted by atomic mass is 32.2. The van der Waals surface area contributed by atoms with E-state index < -0.39 is 5.91 Å². The van der Waals surface area contributed by atoms with E-state index in [0.717, 1.165) is 35.7 Å². The molecule has 1 aliphatic carbocycles. The lowest BCUT2D eigenvalue weighted by Gasteiger charge is -2.13. The van der Waals surface area contributed by atoms with Crippen molar-refractivity contribution in [2.24, 2.45) is 5.73 Å². The molecule has 2 heterocycles. The zero-order chi connectivity index (χ0) is 21.8. The Morgan fingerprint density at radius 1 is 1.29 bits per heavy atom. The Hall–Kier alpha value is -3.25. The van der Waals surface area contributed by atoms with Crippen LogP contribution in [0.5, 0.6) is 5.75 Å². The molecule has 0 radical (unpaired) electrons. The van der Waals surface area contributed by atoms with Gasteiger partial charge in [0.15, 0.2) is 5.16 Å². The van der Waals surface area contributed by atoms with Gasteiger partial charge in [0.1, 0.15) is 12.4 Å². The van der Waals surface area contributed by atoms with Gasteiger partial charge in [0.25, 0.3) is 11.5 Å². The fourth-order valence-corrected chi connectivity index (χ4v) is 4.91. The number of aromatic nitrogens is 2. The first-order valence-corrected chi connectivity index (χ1v) is 11.0. The summed E-state index contributed by atoms with van der Waals surface area (Å²) < 4.78 is 7.15. The molecule has 1 aromatic heterocycles. The Balaban J connectivity index is 1.27. The van der Waals surface area contributed by atoms with Gasteiger partial charge >= 0.3 is 0 Å². The van der Waals surface area contributed by atoms with Gasteiger partial charge in [-0.3, -0.25) is 19.0 Å². The molecule has 0 spiro atoms. The summed E-state index contributed by atoms with van der Waals surface area (Å²) in [4.78, 5) is 41.1. The standard InChI is InChI=1S/C22H22N4O4S/c23-20(28)16-6-1-2-9-18(16)30-11-4-3-10-24-19(27)12-14-13-31-22-25-17-8-5-7-15(17)21(29)26(14)22/h1-2,6,9,14H,5,7-8,10-13H2,(H2,23,28)(H,24,27)/t14-/m1/s1. The second-order valence-electron chi connectivity index (χ2n) is 7.30. The Bertz CT molecular complexity index is 1150. The maximum atomic E-state index is 12.8. The molecule has 8 nitrogen and oxygen atoms in total. The van der Waals surface area contributed by atoms with E-state index >= 15 is 0 Å². The van der Waals surface area contributed by atoms with Crippen molar-refractivity contribution in [2.45, 2.75) is 36.9 Å². The Kier molecular flexibility index (Phi) is 6.28. The van der Waals surface area contributed by atoms with Crippen molar-refractivity contribution in [2.75, 3.05) is 18.9 Å². The molecule has 0 unspecified atom stereocenters. The molecule has 1 aromatic carbocycles. The molecule has 0 saturated heterocycles. The number of thioether (sulfide) groups is 1. The predicted octanol–water partition coefficient (Wildman–Crippen LogP) is 1.07. The van der Waals surface area contributed by atoms with Crippen LogP contribution >= 0.6 is 11.8 Å². The summed E-state index contributed by atoms with van der Waals surface area (Å²) in [5.74, 6) is 5.91. The number of hydrogen-bond donors (Lipinski definition) is 2. The summed E-state index contributed by atoms with van der Waals surface area (Å²) in [5, 5.41) is 3.47. The molecule has 3 N–H and O–H groups in total. The molecule has 2 aliphatic rings. The quantitative estimate of drug-likeness (QED) is 0.515. The lowest BCUT2D eigenvalue weighted by Crippen LogP contribution is -2.32. The van der Waals surface area contributed by atoms with Crippen molar-refractivity contribution in [3.05, 3.63) is 51.4 Å². The van der Waals surface area contributed by atoms with Crippen molar-refractivity contribution < 1.29 is 14.3 Å². The lowest BCUT2D eigenvalue weighted by molar-refractivity contribution is -0.121. The third kappa shape index (κ3) is 4.59. The number of carbonyl (C=O) groups is 2. The fourth-order valence-electron chi connectivity index (χ4n) is 3.75. The maximum Gasteiger partial charge on any atom is 0.257 e. The molecular weight excluding hydrogens is 416 g/mol. The van der Waals surface area contributed by atoms with Crippen LogP contribution in [0, 0.1) is 11.8 Å². The Morgan fingerprint density at radius 3 is 2.97 bits per heavy atom. The average molecular weight is 439 g/mol. The van der Waals surface area contributed by atoms with E-state index in [2.05, 4.69) is 22.1 Å². The lowest BCUT2D eigenvalue weighted by atomic mass is 10.2. The van der Waals surface area contributed by atoms with Crippen molar-refractivity contribution in [1.29, 1.82) is 0 Å². The van der Waals surface area contributed by atoms with Crippen LogP contribution in [0.3, 0.4) is 0 Å². The largest absolute Gasteiger partial charge is 0.480 e. The van der Waals surface area contributed by atoms with E-state index in [-0.39, 0.29) is 37.1 Å². The average Bonchev–Trinajstić information content (AvgIpc) is 3.38. The number of fused-ring (bicyclic) bond motifs is 2. The summed E-state index contributed by atoms with van der Waals surface area (Å²) in [6, 6.07) is 6.48. The molecule has 1 aliphatic heterocycles. The molecule has 0 fully saturated rings. The van der Waals surface area contributed by atoms with E-state index in [0.29, 0.717) is 17.1 Å². The van der Waals surface area contributed by atoms with Gasteiger partial charge in [-0.25, -0.2) is 4.98 Å². The van der Waals surface area contributed by atoms with E-state index in [4.69, 9.17) is 10.5 Å². The van der Waals surface area contributed by atoms with Crippen LogP contribution in [0.4, 0.5) is 0 Å². The van der Waals surface area contributed by atoms with E-state index in [1.807, 2.05) is 0 Å². The van der Waals surface area contributed by atoms with Crippen molar-refractivity contribution in [3.63, 3.8) is 0 Å². The van der Waals surface area contributed by atoms with Gasteiger partial charge in [-0.2, -0.15) is 0 Å². The zero-order valence-corrected chi connectivity index (χ0v) is 17.7. The van der Waals surface area contributed by atoms with Gasteiger partial charge in [-0.15, -0.1) is 0 Å². The SMILES string of the molecule is NC(=O)c1ccccc1OCC#CCNC(=O)C[C@@H]1CSc2nc3c(c(=O)n21)CCC3. The topological polar surface area (TPSA) is 116 Å².